The van der Waals surface area contributed by atoms with Gasteiger partial charge < -0.3 is 10.1 Å². The lowest BCUT2D eigenvalue weighted by molar-refractivity contribution is -0.136. The molecule has 1 rings (SSSR count). The standard InChI is InChI=1S/C11H20F3NO/c1-2-15-10(9-5-7-16-8-9)4-3-6-11(12,13)14/h9-10,15H,2-8H2,1H3. The second kappa shape index (κ2) is 6.45. The minimum atomic E-state index is -4.02. The van der Waals surface area contributed by atoms with Gasteiger partial charge in [0.05, 0.1) is 6.61 Å². The molecule has 1 saturated heterocycles. The van der Waals surface area contributed by atoms with Crippen LogP contribution in [0, 0.1) is 5.92 Å². The summed E-state index contributed by atoms with van der Waals surface area (Å²) in [7, 11) is 0. The molecular weight excluding hydrogens is 219 g/mol. The van der Waals surface area contributed by atoms with E-state index in [0.29, 0.717) is 18.9 Å². The second-order valence-electron chi connectivity index (χ2n) is 4.30. The third-order valence-electron chi connectivity index (χ3n) is 2.98. The summed E-state index contributed by atoms with van der Waals surface area (Å²) in [6.45, 7) is 4.20. The zero-order chi connectivity index (χ0) is 12.0. The second-order valence-corrected chi connectivity index (χ2v) is 4.30. The summed E-state index contributed by atoms with van der Waals surface area (Å²) in [5, 5.41) is 3.26. The van der Waals surface area contributed by atoms with E-state index in [-0.39, 0.29) is 12.5 Å². The van der Waals surface area contributed by atoms with Crippen LogP contribution in [-0.4, -0.2) is 32.0 Å². The summed E-state index contributed by atoms with van der Waals surface area (Å²) < 4.78 is 41.3. The van der Waals surface area contributed by atoms with Crippen molar-refractivity contribution in [3.05, 3.63) is 0 Å². The molecule has 2 nitrogen and oxygen atoms in total. The fourth-order valence-electron chi connectivity index (χ4n) is 2.16. The lowest BCUT2D eigenvalue weighted by atomic mass is 9.94. The maximum atomic E-state index is 12.0. The summed E-state index contributed by atoms with van der Waals surface area (Å²) in [6, 6.07) is 0.176. The quantitative estimate of drug-likeness (QED) is 0.769. The highest BCUT2D eigenvalue weighted by Gasteiger charge is 2.29. The van der Waals surface area contributed by atoms with Crippen LogP contribution < -0.4 is 5.32 Å². The Morgan fingerprint density at radius 2 is 2.19 bits per heavy atom. The predicted octanol–water partition coefficient (Wildman–Crippen LogP) is 2.73. The van der Waals surface area contributed by atoms with Gasteiger partial charge in [-0.15, -0.1) is 0 Å². The maximum Gasteiger partial charge on any atom is 0.389 e. The molecule has 5 heteroatoms. The van der Waals surface area contributed by atoms with E-state index in [1.807, 2.05) is 6.92 Å². The summed E-state index contributed by atoms with van der Waals surface area (Å²) in [5.41, 5.74) is 0. The summed E-state index contributed by atoms with van der Waals surface area (Å²) in [6.07, 6.45) is -2.95. The Morgan fingerprint density at radius 1 is 1.44 bits per heavy atom. The monoisotopic (exact) mass is 239 g/mol. The first-order valence-corrected chi connectivity index (χ1v) is 5.91. The van der Waals surface area contributed by atoms with Gasteiger partial charge in [-0.3, -0.25) is 0 Å². The van der Waals surface area contributed by atoms with Crippen LogP contribution in [0.1, 0.15) is 32.6 Å². The molecular formula is C11H20F3NO. The minimum Gasteiger partial charge on any atom is -0.381 e. The van der Waals surface area contributed by atoms with E-state index in [0.717, 1.165) is 19.6 Å². The average molecular weight is 239 g/mol. The van der Waals surface area contributed by atoms with Crippen LogP contribution in [0.25, 0.3) is 0 Å². The molecule has 0 radical (unpaired) electrons. The van der Waals surface area contributed by atoms with Crippen LogP contribution in [-0.2, 0) is 4.74 Å². The van der Waals surface area contributed by atoms with E-state index in [1.54, 1.807) is 0 Å². The van der Waals surface area contributed by atoms with Crippen molar-refractivity contribution < 1.29 is 17.9 Å². The van der Waals surface area contributed by atoms with Crippen LogP contribution in [0.3, 0.4) is 0 Å². The van der Waals surface area contributed by atoms with Crippen LogP contribution in [0.2, 0.25) is 0 Å². The minimum absolute atomic E-state index is 0.176. The van der Waals surface area contributed by atoms with Gasteiger partial charge in [-0.2, -0.15) is 13.2 Å². The van der Waals surface area contributed by atoms with E-state index < -0.39 is 12.6 Å². The fourth-order valence-corrected chi connectivity index (χ4v) is 2.16. The molecule has 0 aromatic heterocycles. The molecule has 1 N–H and O–H groups in total. The highest BCUT2D eigenvalue weighted by atomic mass is 19.4. The maximum absolute atomic E-state index is 12.0. The van der Waals surface area contributed by atoms with Crippen LogP contribution in [0.15, 0.2) is 0 Å². The van der Waals surface area contributed by atoms with Gasteiger partial charge in [-0.05, 0) is 31.7 Å². The van der Waals surface area contributed by atoms with Crippen molar-refractivity contribution in [2.45, 2.75) is 44.8 Å². The van der Waals surface area contributed by atoms with Gasteiger partial charge in [-0.1, -0.05) is 6.92 Å². The first-order chi connectivity index (χ1) is 7.53. The van der Waals surface area contributed by atoms with E-state index in [2.05, 4.69) is 5.32 Å². The number of hydrogen-bond acceptors (Lipinski definition) is 2. The molecule has 1 aliphatic heterocycles. The third kappa shape index (κ3) is 5.16. The predicted molar refractivity (Wildman–Crippen MR) is 56.3 cm³/mol. The number of hydrogen-bond donors (Lipinski definition) is 1. The smallest absolute Gasteiger partial charge is 0.381 e. The highest BCUT2D eigenvalue weighted by molar-refractivity contribution is 4.79. The van der Waals surface area contributed by atoms with Crippen LogP contribution >= 0.6 is 0 Å². The van der Waals surface area contributed by atoms with Gasteiger partial charge in [0, 0.05) is 19.1 Å². The van der Waals surface area contributed by atoms with Crippen molar-refractivity contribution in [2.24, 2.45) is 5.92 Å². The molecule has 0 aliphatic carbocycles. The van der Waals surface area contributed by atoms with Gasteiger partial charge in [-0.25, -0.2) is 0 Å². The molecule has 2 unspecified atom stereocenters. The van der Waals surface area contributed by atoms with Crippen molar-refractivity contribution in [3.63, 3.8) is 0 Å². The SMILES string of the molecule is CCNC(CCCC(F)(F)F)C1CCOC1. The average Bonchev–Trinajstić information content (AvgIpc) is 2.67. The summed E-state index contributed by atoms with van der Waals surface area (Å²) >= 11 is 0. The van der Waals surface area contributed by atoms with Crippen molar-refractivity contribution in [1.29, 1.82) is 0 Å². The molecule has 0 spiro atoms. The van der Waals surface area contributed by atoms with Gasteiger partial charge >= 0.3 is 6.18 Å². The molecule has 0 bridgehead atoms. The normalized spacial score (nSPS) is 23.6. The molecule has 96 valence electrons. The Balaban J connectivity index is 2.27. The number of alkyl halides is 3. The number of nitrogens with one attached hydrogen (secondary N) is 1. The lowest BCUT2D eigenvalue weighted by Crippen LogP contribution is -2.36. The molecule has 2 atom stereocenters. The van der Waals surface area contributed by atoms with Gasteiger partial charge in [0.1, 0.15) is 0 Å². The third-order valence-corrected chi connectivity index (χ3v) is 2.98. The molecule has 0 saturated carbocycles. The van der Waals surface area contributed by atoms with E-state index >= 15 is 0 Å². The van der Waals surface area contributed by atoms with Gasteiger partial charge in [0.25, 0.3) is 0 Å². The summed E-state index contributed by atoms with van der Waals surface area (Å²) in [4.78, 5) is 0. The van der Waals surface area contributed by atoms with E-state index in [9.17, 15) is 13.2 Å². The molecule has 1 fully saturated rings. The Morgan fingerprint density at radius 3 is 2.69 bits per heavy atom. The van der Waals surface area contributed by atoms with Crippen molar-refractivity contribution in [1.82, 2.24) is 5.32 Å². The zero-order valence-electron chi connectivity index (χ0n) is 9.65. The van der Waals surface area contributed by atoms with E-state index in [4.69, 9.17) is 4.74 Å². The lowest BCUT2D eigenvalue weighted by Gasteiger charge is -2.23. The zero-order valence-corrected chi connectivity index (χ0v) is 9.65. The number of ether oxygens (including phenoxy) is 1. The Hall–Kier alpha value is -0.290. The molecule has 0 amide bonds. The van der Waals surface area contributed by atoms with E-state index in [1.165, 1.54) is 0 Å². The summed E-state index contributed by atoms with van der Waals surface area (Å²) in [5.74, 6) is 0.383. The molecule has 0 aromatic carbocycles. The molecule has 1 heterocycles. The highest BCUT2D eigenvalue weighted by Crippen LogP contribution is 2.25. The first kappa shape index (κ1) is 13.8. The first-order valence-electron chi connectivity index (χ1n) is 5.91. The Labute approximate surface area is 94.5 Å². The van der Waals surface area contributed by atoms with Crippen molar-refractivity contribution in [2.75, 3.05) is 19.8 Å². The Kier molecular flexibility index (Phi) is 5.55. The molecule has 1 aliphatic rings. The van der Waals surface area contributed by atoms with Gasteiger partial charge in [0.15, 0.2) is 0 Å². The van der Waals surface area contributed by atoms with Crippen molar-refractivity contribution in [3.8, 4) is 0 Å². The molecule has 0 aromatic rings. The molecule has 16 heavy (non-hydrogen) atoms. The number of halogens is 3. The fraction of sp³-hybridized carbons (Fsp3) is 1.00. The topological polar surface area (TPSA) is 21.3 Å². The van der Waals surface area contributed by atoms with Crippen LogP contribution in [0.4, 0.5) is 13.2 Å². The van der Waals surface area contributed by atoms with Crippen LogP contribution in [0.5, 0.6) is 0 Å². The largest absolute Gasteiger partial charge is 0.389 e. The van der Waals surface area contributed by atoms with Crippen molar-refractivity contribution >= 4 is 0 Å². The van der Waals surface area contributed by atoms with Gasteiger partial charge in [0.2, 0.25) is 0 Å². The Bertz CT molecular complexity index is 190. The number of rotatable bonds is 6.